The minimum atomic E-state index is -1.25. The van der Waals surface area contributed by atoms with E-state index in [0.717, 1.165) is 0 Å². The molecule has 0 saturated carbocycles. The van der Waals surface area contributed by atoms with Crippen molar-refractivity contribution in [3.8, 4) is 5.75 Å². The number of rotatable bonds is 3. The number of aromatic hydroxyl groups is 1. The Hall–Kier alpha value is -2.15. The molecule has 0 fully saturated rings. The zero-order valence-corrected chi connectivity index (χ0v) is 10.4. The van der Waals surface area contributed by atoms with Crippen LogP contribution in [0.3, 0.4) is 0 Å². The third-order valence-electron chi connectivity index (χ3n) is 2.06. The predicted octanol–water partition coefficient (Wildman–Crippen LogP) is 1.31. The van der Waals surface area contributed by atoms with Gasteiger partial charge in [-0.05, 0) is 30.4 Å². The highest BCUT2D eigenvalue weighted by Gasteiger charge is 2.11. The lowest BCUT2D eigenvalue weighted by Gasteiger charge is -2.09. The normalized spacial score (nSPS) is 9.61. The maximum atomic E-state index is 11.1. The van der Waals surface area contributed by atoms with E-state index in [1.807, 2.05) is 0 Å². The predicted molar refractivity (Wildman–Crippen MR) is 69.7 cm³/mol. The van der Waals surface area contributed by atoms with Crippen molar-refractivity contribution < 1.29 is 19.8 Å². The van der Waals surface area contributed by atoms with E-state index in [4.69, 9.17) is 17.3 Å². The molecule has 6 nitrogen and oxygen atoms in total. The highest BCUT2D eigenvalue weighted by molar-refractivity contribution is 7.80. The van der Waals surface area contributed by atoms with E-state index in [-0.39, 0.29) is 28.8 Å². The summed E-state index contributed by atoms with van der Waals surface area (Å²) in [6.45, 7) is 1.68. The van der Waals surface area contributed by atoms with Gasteiger partial charge in [-0.15, -0.1) is 0 Å². The molecule has 0 aliphatic rings. The van der Waals surface area contributed by atoms with Crippen molar-refractivity contribution in [3.05, 3.63) is 23.8 Å². The maximum absolute atomic E-state index is 11.1. The number of thiocarbonyl (C=S) groups is 1. The number of hydrogen-bond acceptors (Lipinski definition) is 4. The first-order valence-corrected chi connectivity index (χ1v) is 5.52. The number of nitrogens with one attached hydrogen (secondary N) is 2. The van der Waals surface area contributed by atoms with Gasteiger partial charge < -0.3 is 20.8 Å². The van der Waals surface area contributed by atoms with Crippen LogP contribution in [0.1, 0.15) is 23.7 Å². The highest BCUT2D eigenvalue weighted by Crippen LogP contribution is 2.21. The van der Waals surface area contributed by atoms with Gasteiger partial charge in [0.1, 0.15) is 11.3 Å². The number of hydrogen-bond donors (Lipinski definition) is 4. The van der Waals surface area contributed by atoms with Crippen LogP contribution in [0.15, 0.2) is 18.2 Å². The van der Waals surface area contributed by atoms with Crippen LogP contribution in [0, 0.1) is 0 Å². The summed E-state index contributed by atoms with van der Waals surface area (Å²) in [6.07, 6.45) is 0.289. The zero-order valence-electron chi connectivity index (χ0n) is 9.56. The lowest BCUT2D eigenvalue weighted by molar-refractivity contribution is -0.119. The van der Waals surface area contributed by atoms with Crippen molar-refractivity contribution >= 4 is 34.9 Å². The molecule has 0 heterocycles. The van der Waals surface area contributed by atoms with Crippen LogP contribution in [0.25, 0.3) is 0 Å². The molecule has 0 radical (unpaired) electrons. The van der Waals surface area contributed by atoms with Crippen molar-refractivity contribution in [3.63, 3.8) is 0 Å². The van der Waals surface area contributed by atoms with Gasteiger partial charge in [0.2, 0.25) is 5.91 Å². The Labute approximate surface area is 109 Å². The number of amides is 1. The van der Waals surface area contributed by atoms with Gasteiger partial charge in [0.25, 0.3) is 0 Å². The first kappa shape index (κ1) is 13.9. The van der Waals surface area contributed by atoms with E-state index in [0.29, 0.717) is 5.69 Å². The third kappa shape index (κ3) is 3.70. The molecule has 1 amide bonds. The fourth-order valence-corrected chi connectivity index (χ4v) is 1.39. The summed E-state index contributed by atoms with van der Waals surface area (Å²) >= 11 is 4.87. The van der Waals surface area contributed by atoms with Crippen LogP contribution >= 0.6 is 12.2 Å². The van der Waals surface area contributed by atoms with Crippen molar-refractivity contribution in [2.45, 2.75) is 13.3 Å². The molecule has 0 spiro atoms. The number of aromatic carboxylic acids is 1. The molecule has 96 valence electrons. The van der Waals surface area contributed by atoms with E-state index in [1.54, 1.807) is 6.92 Å². The number of carbonyl (C=O) groups is 2. The summed E-state index contributed by atoms with van der Waals surface area (Å²) in [5.74, 6) is -1.83. The molecule has 0 unspecified atom stereocenters. The fraction of sp³-hybridized carbons (Fsp3) is 0.182. The molecule has 0 atom stereocenters. The molecule has 0 saturated heterocycles. The quantitative estimate of drug-likeness (QED) is 0.487. The summed E-state index contributed by atoms with van der Waals surface area (Å²) in [7, 11) is 0. The standard InChI is InChI=1S/C11H12N2O4S/c1-2-9(15)13-11(18)12-6-3-4-8(14)7(5-6)10(16)17/h3-5,14H,2H2,1H3,(H,16,17)(H2,12,13,15,18). The van der Waals surface area contributed by atoms with Crippen LogP contribution in [-0.2, 0) is 4.79 Å². The van der Waals surface area contributed by atoms with E-state index in [9.17, 15) is 14.7 Å². The van der Waals surface area contributed by atoms with Crippen molar-refractivity contribution in [2.75, 3.05) is 5.32 Å². The molecule has 0 aliphatic heterocycles. The first-order valence-electron chi connectivity index (χ1n) is 5.11. The number of anilines is 1. The number of benzene rings is 1. The van der Waals surface area contributed by atoms with Crippen molar-refractivity contribution in [1.82, 2.24) is 5.32 Å². The molecule has 18 heavy (non-hydrogen) atoms. The first-order chi connectivity index (χ1) is 8.43. The van der Waals surface area contributed by atoms with Crippen LogP contribution < -0.4 is 10.6 Å². The third-order valence-corrected chi connectivity index (χ3v) is 2.26. The zero-order chi connectivity index (χ0) is 13.7. The van der Waals surface area contributed by atoms with Gasteiger partial charge >= 0.3 is 5.97 Å². The van der Waals surface area contributed by atoms with E-state index >= 15 is 0 Å². The topological polar surface area (TPSA) is 98.7 Å². The van der Waals surface area contributed by atoms with Crippen molar-refractivity contribution in [2.24, 2.45) is 0 Å². The lowest BCUT2D eigenvalue weighted by atomic mass is 10.2. The van der Waals surface area contributed by atoms with Crippen molar-refractivity contribution in [1.29, 1.82) is 0 Å². The molecule has 4 N–H and O–H groups in total. The molecule has 1 aromatic carbocycles. The second kappa shape index (κ2) is 5.97. The van der Waals surface area contributed by atoms with E-state index in [1.165, 1.54) is 18.2 Å². The number of phenols is 1. The second-order valence-electron chi connectivity index (χ2n) is 3.39. The van der Waals surface area contributed by atoms with Gasteiger partial charge in [0.15, 0.2) is 5.11 Å². The largest absolute Gasteiger partial charge is 0.507 e. The smallest absolute Gasteiger partial charge is 0.339 e. The molecule has 1 aromatic rings. The lowest BCUT2D eigenvalue weighted by Crippen LogP contribution is -2.33. The molecule has 0 aliphatic carbocycles. The molecule has 7 heteroatoms. The average Bonchev–Trinajstić information content (AvgIpc) is 2.31. The van der Waals surface area contributed by atoms with Crippen LogP contribution in [0.4, 0.5) is 5.69 Å². The Kier molecular flexibility index (Phi) is 4.61. The number of carboxylic acid groups (broad SMARTS) is 1. The molecule has 0 aromatic heterocycles. The van der Waals surface area contributed by atoms with Gasteiger partial charge in [-0.1, -0.05) is 6.92 Å². The maximum Gasteiger partial charge on any atom is 0.339 e. The Bertz CT molecular complexity index is 502. The van der Waals surface area contributed by atoms with Gasteiger partial charge in [-0.3, -0.25) is 4.79 Å². The fourth-order valence-electron chi connectivity index (χ4n) is 1.16. The average molecular weight is 268 g/mol. The minimum absolute atomic E-state index is 0.0730. The summed E-state index contributed by atoms with van der Waals surface area (Å²) in [5.41, 5.74) is 0.122. The number of carbonyl (C=O) groups excluding carboxylic acids is 1. The summed E-state index contributed by atoms with van der Waals surface area (Å²) in [4.78, 5) is 21.9. The van der Waals surface area contributed by atoms with Gasteiger partial charge in [-0.25, -0.2) is 4.79 Å². The SMILES string of the molecule is CCC(=O)NC(=S)Nc1ccc(O)c(C(=O)O)c1. The van der Waals surface area contributed by atoms with Gasteiger partial charge in [0.05, 0.1) is 0 Å². The highest BCUT2D eigenvalue weighted by atomic mass is 32.1. The molecule has 1 rings (SSSR count). The van der Waals surface area contributed by atoms with Gasteiger partial charge in [-0.2, -0.15) is 0 Å². The summed E-state index contributed by atoms with van der Waals surface area (Å²) in [5, 5.41) is 23.3. The Morgan fingerprint density at radius 1 is 1.39 bits per heavy atom. The van der Waals surface area contributed by atoms with Crippen LogP contribution in [0.2, 0.25) is 0 Å². The van der Waals surface area contributed by atoms with Crippen LogP contribution in [0.5, 0.6) is 5.75 Å². The monoisotopic (exact) mass is 268 g/mol. The molecule has 0 bridgehead atoms. The van der Waals surface area contributed by atoms with Gasteiger partial charge in [0, 0.05) is 12.1 Å². The van der Waals surface area contributed by atoms with Crippen LogP contribution in [-0.4, -0.2) is 27.2 Å². The van der Waals surface area contributed by atoms with E-state index in [2.05, 4.69) is 10.6 Å². The Balaban J connectivity index is 2.79. The Morgan fingerprint density at radius 2 is 2.06 bits per heavy atom. The molecular weight excluding hydrogens is 256 g/mol. The minimum Gasteiger partial charge on any atom is -0.507 e. The Morgan fingerprint density at radius 3 is 2.61 bits per heavy atom. The summed E-state index contributed by atoms with van der Waals surface area (Å²) < 4.78 is 0. The second-order valence-corrected chi connectivity index (χ2v) is 3.80. The molecular formula is C11H12N2O4S. The summed E-state index contributed by atoms with van der Waals surface area (Å²) in [6, 6.07) is 3.91. The van der Waals surface area contributed by atoms with E-state index < -0.39 is 5.97 Å². The number of carboxylic acids is 1.